The average Bonchev–Trinajstić information content (AvgIpc) is 2.98. The molecule has 2 aromatic carbocycles. The Morgan fingerprint density at radius 1 is 1.04 bits per heavy atom. The first-order chi connectivity index (χ1) is 11.5. The van der Waals surface area contributed by atoms with Crippen molar-refractivity contribution in [3.63, 3.8) is 0 Å². The number of aliphatic hydroxyl groups excluding tert-OH is 3. The lowest BCUT2D eigenvalue weighted by atomic mass is 9.84. The van der Waals surface area contributed by atoms with E-state index in [4.69, 9.17) is 0 Å². The van der Waals surface area contributed by atoms with Crippen LogP contribution in [0.2, 0.25) is 0 Å². The molecular weight excluding hydrogens is 300 g/mol. The molecule has 3 N–H and O–H groups in total. The summed E-state index contributed by atoms with van der Waals surface area (Å²) in [6, 6.07) is 6.21. The predicted molar refractivity (Wildman–Crippen MR) is 95.3 cm³/mol. The van der Waals surface area contributed by atoms with Crippen molar-refractivity contribution in [3.05, 3.63) is 57.0 Å². The van der Waals surface area contributed by atoms with Gasteiger partial charge in [-0.15, -0.1) is 0 Å². The van der Waals surface area contributed by atoms with Crippen LogP contribution in [-0.2, 0) is 0 Å². The molecule has 0 radical (unpaired) electrons. The fraction of sp³-hybridized carbons (Fsp3) is 0.238. The van der Waals surface area contributed by atoms with Crippen molar-refractivity contribution in [2.75, 3.05) is 0 Å². The van der Waals surface area contributed by atoms with E-state index < -0.39 is 18.3 Å². The van der Waals surface area contributed by atoms with Crippen LogP contribution in [0.1, 0.15) is 36.1 Å². The molecule has 0 aromatic heterocycles. The van der Waals surface area contributed by atoms with Crippen LogP contribution in [0, 0.1) is 0 Å². The lowest BCUT2D eigenvalue weighted by Gasteiger charge is -2.24. The van der Waals surface area contributed by atoms with Gasteiger partial charge in [0.15, 0.2) is 0 Å². The third-order valence-corrected chi connectivity index (χ3v) is 5.43. The van der Waals surface area contributed by atoms with Gasteiger partial charge in [0, 0.05) is 0 Å². The van der Waals surface area contributed by atoms with E-state index in [-0.39, 0.29) is 0 Å². The van der Waals surface area contributed by atoms with Crippen molar-refractivity contribution < 1.29 is 15.3 Å². The number of hydrogen-bond acceptors (Lipinski definition) is 3. The third kappa shape index (κ3) is 1.72. The molecule has 24 heavy (non-hydrogen) atoms. The topological polar surface area (TPSA) is 60.7 Å². The summed E-state index contributed by atoms with van der Waals surface area (Å²) in [4.78, 5) is 0. The Hall–Kier alpha value is -2.20. The zero-order valence-corrected chi connectivity index (χ0v) is 13.3. The lowest BCUT2D eigenvalue weighted by Crippen LogP contribution is -2.41. The lowest BCUT2D eigenvalue weighted by molar-refractivity contribution is 0.0959. The summed E-state index contributed by atoms with van der Waals surface area (Å²) in [6.45, 7) is 2.04. The van der Waals surface area contributed by atoms with Gasteiger partial charge in [0.25, 0.3) is 0 Å². The first-order valence-electron chi connectivity index (χ1n) is 8.30. The van der Waals surface area contributed by atoms with Crippen LogP contribution < -0.4 is 10.4 Å². The van der Waals surface area contributed by atoms with Crippen LogP contribution in [-0.4, -0.2) is 27.5 Å². The van der Waals surface area contributed by atoms with Crippen LogP contribution in [0.5, 0.6) is 0 Å². The largest absolute Gasteiger partial charge is 0.388 e. The zero-order chi connectivity index (χ0) is 16.6. The summed E-state index contributed by atoms with van der Waals surface area (Å²) >= 11 is 0. The van der Waals surface area contributed by atoms with Crippen molar-refractivity contribution in [2.45, 2.75) is 31.7 Å². The van der Waals surface area contributed by atoms with E-state index in [1.807, 2.05) is 25.1 Å². The van der Waals surface area contributed by atoms with Gasteiger partial charge in [-0.25, -0.2) is 0 Å². The van der Waals surface area contributed by atoms with Gasteiger partial charge in [-0.05, 0) is 69.0 Å². The minimum atomic E-state index is -0.896. The Labute approximate surface area is 139 Å². The highest BCUT2D eigenvalue weighted by atomic mass is 16.3. The molecule has 0 heterocycles. The molecule has 0 saturated heterocycles. The molecule has 0 unspecified atom stereocenters. The summed E-state index contributed by atoms with van der Waals surface area (Å²) in [5, 5.41) is 35.1. The maximum absolute atomic E-state index is 10.6. The molecule has 0 aliphatic heterocycles. The van der Waals surface area contributed by atoms with Gasteiger partial charge < -0.3 is 15.3 Å². The molecule has 3 aliphatic rings. The third-order valence-electron chi connectivity index (χ3n) is 5.43. The van der Waals surface area contributed by atoms with E-state index in [0.717, 1.165) is 43.5 Å². The van der Waals surface area contributed by atoms with Gasteiger partial charge in [-0.3, -0.25) is 0 Å². The van der Waals surface area contributed by atoms with Crippen molar-refractivity contribution in [1.82, 2.24) is 0 Å². The van der Waals surface area contributed by atoms with E-state index >= 15 is 0 Å². The molecule has 3 atom stereocenters. The molecule has 0 amide bonds. The SMILES string of the molecule is CC1=Cc2ccc3c4c5c(cc3c2[C@H](O)C1)=C[C@H](O)[C@@H](O)C=5C=C4. The quantitative estimate of drug-likeness (QED) is 0.688. The summed E-state index contributed by atoms with van der Waals surface area (Å²) in [7, 11) is 0. The fourth-order valence-corrected chi connectivity index (χ4v) is 4.38. The molecule has 120 valence electrons. The van der Waals surface area contributed by atoms with Crippen LogP contribution >= 0.6 is 0 Å². The van der Waals surface area contributed by atoms with Crippen molar-refractivity contribution in [2.24, 2.45) is 0 Å². The molecule has 0 spiro atoms. The summed E-state index contributed by atoms with van der Waals surface area (Å²) in [5.41, 5.74) is 5.06. The standard InChI is InChI=1S/C21H18O3/c1-10-6-11-2-3-13-14-4-5-15-19(14)12(9-18(23)21(15)24)8-16(13)20(11)17(22)7-10/h2-6,8-9,17-18,21-24H,7H2,1H3/t17-,18+,21+/m1/s1. The Morgan fingerprint density at radius 3 is 2.71 bits per heavy atom. The first-order valence-corrected chi connectivity index (χ1v) is 8.30. The van der Waals surface area contributed by atoms with Gasteiger partial charge in [-0.2, -0.15) is 0 Å². The molecule has 5 rings (SSSR count). The smallest absolute Gasteiger partial charge is 0.109 e. The number of benzene rings is 2. The van der Waals surface area contributed by atoms with Crippen molar-refractivity contribution >= 4 is 34.6 Å². The van der Waals surface area contributed by atoms with Gasteiger partial charge in [0.05, 0.1) is 6.10 Å². The molecule has 3 heteroatoms. The Kier molecular flexibility index (Phi) is 2.76. The molecule has 3 nitrogen and oxygen atoms in total. The monoisotopic (exact) mass is 318 g/mol. The van der Waals surface area contributed by atoms with Crippen LogP contribution in [0.3, 0.4) is 0 Å². The van der Waals surface area contributed by atoms with Crippen LogP contribution in [0.15, 0.2) is 29.8 Å². The van der Waals surface area contributed by atoms with Crippen LogP contribution in [0.4, 0.5) is 0 Å². The molecule has 0 fully saturated rings. The Balaban J connectivity index is 1.97. The maximum atomic E-state index is 10.6. The molecule has 0 saturated carbocycles. The minimum absolute atomic E-state index is 0.508. The first kappa shape index (κ1) is 14.2. The maximum Gasteiger partial charge on any atom is 0.109 e. The van der Waals surface area contributed by atoms with E-state index in [9.17, 15) is 15.3 Å². The number of hydrogen-bond donors (Lipinski definition) is 3. The second-order valence-corrected chi connectivity index (χ2v) is 7.02. The molecule has 3 aliphatic carbocycles. The van der Waals surface area contributed by atoms with Gasteiger partial charge in [-0.1, -0.05) is 35.9 Å². The second-order valence-electron chi connectivity index (χ2n) is 7.02. The number of aliphatic hydroxyl groups is 3. The summed E-state index contributed by atoms with van der Waals surface area (Å²) < 4.78 is 0. The fourth-order valence-electron chi connectivity index (χ4n) is 4.38. The normalized spacial score (nSPS) is 26.9. The summed E-state index contributed by atoms with van der Waals surface area (Å²) in [5.74, 6) is 0. The highest BCUT2D eigenvalue weighted by molar-refractivity contribution is 5.99. The van der Waals surface area contributed by atoms with Crippen molar-refractivity contribution in [3.8, 4) is 0 Å². The van der Waals surface area contributed by atoms with E-state index in [1.165, 1.54) is 5.57 Å². The highest BCUT2D eigenvalue weighted by Gasteiger charge is 2.27. The van der Waals surface area contributed by atoms with Gasteiger partial charge in [0.1, 0.15) is 12.2 Å². The van der Waals surface area contributed by atoms with E-state index in [2.05, 4.69) is 18.2 Å². The molecule has 0 bridgehead atoms. The van der Waals surface area contributed by atoms with E-state index in [0.29, 0.717) is 6.42 Å². The van der Waals surface area contributed by atoms with Gasteiger partial charge in [0.2, 0.25) is 0 Å². The zero-order valence-electron chi connectivity index (χ0n) is 13.3. The predicted octanol–water partition coefficient (Wildman–Crippen LogP) is 1.37. The number of fused-ring (bicyclic) bond motifs is 4. The van der Waals surface area contributed by atoms with E-state index in [1.54, 1.807) is 6.08 Å². The average molecular weight is 318 g/mol. The number of rotatable bonds is 0. The molecular formula is C21H18O3. The van der Waals surface area contributed by atoms with Gasteiger partial charge >= 0.3 is 0 Å². The minimum Gasteiger partial charge on any atom is -0.388 e. The van der Waals surface area contributed by atoms with Crippen LogP contribution in [0.25, 0.3) is 34.6 Å². The van der Waals surface area contributed by atoms with Crippen molar-refractivity contribution in [1.29, 1.82) is 0 Å². The Bertz CT molecular complexity index is 1090. The highest BCUT2D eigenvalue weighted by Crippen LogP contribution is 2.37. The summed E-state index contributed by atoms with van der Waals surface area (Å²) in [6.07, 6.45) is 6.13. The Morgan fingerprint density at radius 2 is 1.88 bits per heavy atom. The second kappa shape index (κ2) is 4.67. The molecule has 2 aromatic rings.